The number of nitrogens with zero attached hydrogens (tertiary/aromatic N) is 1. The van der Waals surface area contributed by atoms with Gasteiger partial charge in [-0.05, 0) is 36.1 Å². The second-order valence-electron chi connectivity index (χ2n) is 9.08. The van der Waals surface area contributed by atoms with E-state index in [0.717, 1.165) is 18.4 Å². The fourth-order valence-corrected chi connectivity index (χ4v) is 5.55. The van der Waals surface area contributed by atoms with Crippen molar-refractivity contribution < 1.29 is 18.8 Å². The van der Waals surface area contributed by atoms with Crippen LogP contribution in [0.1, 0.15) is 65.5 Å². The van der Waals surface area contributed by atoms with Gasteiger partial charge in [0.15, 0.2) is 0 Å². The van der Waals surface area contributed by atoms with E-state index in [9.17, 15) is 18.8 Å². The van der Waals surface area contributed by atoms with E-state index in [-0.39, 0.29) is 41.9 Å². The van der Waals surface area contributed by atoms with Crippen molar-refractivity contribution in [2.45, 2.75) is 49.6 Å². The highest BCUT2D eigenvalue weighted by Crippen LogP contribution is 2.42. The molecule has 2 saturated heterocycles. The molecular formula is C25H26FN3O3. The highest BCUT2D eigenvalue weighted by atomic mass is 19.1. The third kappa shape index (κ3) is 3.55. The number of benzene rings is 2. The van der Waals surface area contributed by atoms with Crippen molar-refractivity contribution in [1.82, 2.24) is 15.5 Å². The van der Waals surface area contributed by atoms with Crippen LogP contribution < -0.4 is 10.6 Å². The lowest BCUT2D eigenvalue weighted by atomic mass is 9.78. The zero-order valence-electron chi connectivity index (χ0n) is 17.8. The van der Waals surface area contributed by atoms with E-state index >= 15 is 0 Å². The first-order chi connectivity index (χ1) is 15.5. The number of carbonyl (C=O) groups is 3. The highest BCUT2D eigenvalue weighted by Gasteiger charge is 2.50. The molecule has 0 bridgehead atoms. The molecule has 166 valence electrons. The summed E-state index contributed by atoms with van der Waals surface area (Å²) in [5.74, 6) is -0.961. The first-order valence-electron chi connectivity index (χ1n) is 11.2. The summed E-state index contributed by atoms with van der Waals surface area (Å²) >= 11 is 0. The van der Waals surface area contributed by atoms with E-state index in [1.807, 2.05) is 12.1 Å². The topological polar surface area (TPSA) is 78.5 Å². The van der Waals surface area contributed by atoms with Crippen molar-refractivity contribution in [3.05, 3.63) is 71.0 Å². The molecule has 3 aliphatic heterocycles. The minimum atomic E-state index is -0.678. The average molecular weight is 435 g/mol. The van der Waals surface area contributed by atoms with Crippen LogP contribution in [-0.4, -0.2) is 41.2 Å². The molecule has 2 fully saturated rings. The Balaban J connectivity index is 1.42. The van der Waals surface area contributed by atoms with Crippen molar-refractivity contribution in [3.63, 3.8) is 0 Å². The lowest BCUT2D eigenvalue weighted by molar-refractivity contribution is -0.131. The first-order valence-corrected chi connectivity index (χ1v) is 11.2. The van der Waals surface area contributed by atoms with Gasteiger partial charge in [0.1, 0.15) is 5.82 Å². The maximum absolute atomic E-state index is 14.8. The zero-order chi connectivity index (χ0) is 22.3. The molecule has 7 heteroatoms. The molecule has 3 heterocycles. The van der Waals surface area contributed by atoms with Crippen LogP contribution in [0.5, 0.6) is 0 Å². The molecule has 3 amide bonds. The van der Waals surface area contributed by atoms with Gasteiger partial charge in [-0.25, -0.2) is 4.39 Å². The maximum Gasteiger partial charge on any atom is 0.252 e. The van der Waals surface area contributed by atoms with Crippen LogP contribution in [0.25, 0.3) is 0 Å². The summed E-state index contributed by atoms with van der Waals surface area (Å²) < 4.78 is 14.8. The zero-order valence-corrected chi connectivity index (χ0v) is 17.8. The predicted molar refractivity (Wildman–Crippen MR) is 116 cm³/mol. The van der Waals surface area contributed by atoms with E-state index in [1.165, 1.54) is 6.07 Å². The first kappa shape index (κ1) is 20.7. The molecule has 0 saturated carbocycles. The van der Waals surface area contributed by atoms with Crippen LogP contribution in [0.4, 0.5) is 4.39 Å². The van der Waals surface area contributed by atoms with Crippen LogP contribution in [0, 0.1) is 5.82 Å². The summed E-state index contributed by atoms with van der Waals surface area (Å²) in [5, 5.41) is 6.06. The van der Waals surface area contributed by atoms with Crippen molar-refractivity contribution in [2.24, 2.45) is 0 Å². The number of likely N-dealkylation sites (tertiary alicyclic amines) is 1. The fourth-order valence-electron chi connectivity index (χ4n) is 5.55. The minimum absolute atomic E-state index is 0.0462. The average Bonchev–Trinajstić information content (AvgIpc) is 3.22. The number of nitrogens with one attached hydrogen (secondary N) is 2. The third-order valence-electron chi connectivity index (χ3n) is 7.11. The number of hydrogen-bond donors (Lipinski definition) is 2. The number of halogens is 1. The van der Waals surface area contributed by atoms with Crippen LogP contribution in [0.2, 0.25) is 0 Å². The van der Waals surface area contributed by atoms with Gasteiger partial charge >= 0.3 is 0 Å². The molecular weight excluding hydrogens is 409 g/mol. The van der Waals surface area contributed by atoms with Gasteiger partial charge in [-0.1, -0.05) is 42.8 Å². The highest BCUT2D eigenvalue weighted by molar-refractivity contribution is 5.99. The third-order valence-corrected chi connectivity index (χ3v) is 7.11. The van der Waals surface area contributed by atoms with Gasteiger partial charge in [0.25, 0.3) is 5.91 Å². The molecule has 6 nitrogen and oxygen atoms in total. The SMILES string of the molecule is O=C1CCCC[C@]2(CN(C(=O)C[C@H]3NC(=O)c4ccccc43)C[C@H]2c2ccccc2F)N1. The van der Waals surface area contributed by atoms with E-state index in [0.29, 0.717) is 37.1 Å². The largest absolute Gasteiger partial charge is 0.348 e. The Bertz CT molecular complexity index is 1090. The van der Waals surface area contributed by atoms with Crippen molar-refractivity contribution in [3.8, 4) is 0 Å². The van der Waals surface area contributed by atoms with Gasteiger partial charge < -0.3 is 15.5 Å². The van der Waals surface area contributed by atoms with E-state index in [2.05, 4.69) is 10.6 Å². The lowest BCUT2D eigenvalue weighted by Gasteiger charge is -2.34. The molecule has 2 aromatic carbocycles. The molecule has 32 heavy (non-hydrogen) atoms. The molecule has 1 spiro atoms. The molecule has 3 atom stereocenters. The number of hydrogen-bond acceptors (Lipinski definition) is 3. The monoisotopic (exact) mass is 435 g/mol. The summed E-state index contributed by atoms with van der Waals surface area (Å²) in [6.07, 6.45) is 2.92. The summed E-state index contributed by atoms with van der Waals surface area (Å²) in [6.45, 7) is 0.682. The predicted octanol–water partition coefficient (Wildman–Crippen LogP) is 3.06. The van der Waals surface area contributed by atoms with E-state index in [4.69, 9.17) is 0 Å². The molecule has 0 aliphatic carbocycles. The number of rotatable bonds is 3. The van der Waals surface area contributed by atoms with E-state index < -0.39 is 5.54 Å². The second kappa shape index (κ2) is 8.04. The number of fused-ring (bicyclic) bond motifs is 1. The Morgan fingerprint density at radius 3 is 2.62 bits per heavy atom. The van der Waals surface area contributed by atoms with Crippen molar-refractivity contribution in [2.75, 3.05) is 13.1 Å². The minimum Gasteiger partial charge on any atom is -0.348 e. The quantitative estimate of drug-likeness (QED) is 0.778. The van der Waals surface area contributed by atoms with Gasteiger partial charge in [-0.2, -0.15) is 0 Å². The summed E-state index contributed by atoms with van der Waals surface area (Å²) in [5.41, 5.74) is 1.28. The molecule has 2 aromatic rings. The molecule has 2 N–H and O–H groups in total. The Labute approximate surface area is 186 Å². The molecule has 3 aliphatic rings. The molecule has 0 aromatic heterocycles. The maximum atomic E-state index is 14.8. The molecule has 5 rings (SSSR count). The van der Waals surface area contributed by atoms with Crippen LogP contribution >= 0.6 is 0 Å². The second-order valence-corrected chi connectivity index (χ2v) is 9.08. The van der Waals surface area contributed by atoms with Gasteiger partial charge in [-0.15, -0.1) is 0 Å². The van der Waals surface area contributed by atoms with Crippen LogP contribution in [-0.2, 0) is 9.59 Å². The van der Waals surface area contributed by atoms with Crippen molar-refractivity contribution in [1.29, 1.82) is 0 Å². The molecule has 0 radical (unpaired) electrons. The summed E-state index contributed by atoms with van der Waals surface area (Å²) in [6, 6.07) is 13.5. The normalized spacial score (nSPS) is 27.1. The van der Waals surface area contributed by atoms with Gasteiger partial charge in [-0.3, -0.25) is 14.4 Å². The number of carbonyl (C=O) groups excluding carboxylic acids is 3. The van der Waals surface area contributed by atoms with Crippen LogP contribution in [0.3, 0.4) is 0 Å². The van der Waals surface area contributed by atoms with E-state index in [1.54, 1.807) is 35.2 Å². The smallest absolute Gasteiger partial charge is 0.252 e. The lowest BCUT2D eigenvalue weighted by Crippen LogP contribution is -2.53. The van der Waals surface area contributed by atoms with Crippen molar-refractivity contribution >= 4 is 17.7 Å². The number of amides is 3. The van der Waals surface area contributed by atoms with Gasteiger partial charge in [0, 0.05) is 31.0 Å². The Kier molecular flexibility index (Phi) is 5.19. The Morgan fingerprint density at radius 1 is 1.06 bits per heavy atom. The Morgan fingerprint density at radius 2 is 1.81 bits per heavy atom. The summed E-state index contributed by atoms with van der Waals surface area (Å²) in [7, 11) is 0. The van der Waals surface area contributed by atoms with Gasteiger partial charge in [0.2, 0.25) is 11.8 Å². The Hall–Kier alpha value is -3.22. The molecule has 0 unspecified atom stereocenters. The summed E-state index contributed by atoms with van der Waals surface area (Å²) in [4.78, 5) is 39.8. The standard InChI is InChI=1S/C25H26FN3O3/c26-20-10-4-3-9-18(20)19-14-29(15-25(19)12-6-5-11-22(30)28-25)23(31)13-21-16-7-1-2-8-17(16)24(32)27-21/h1-4,7-10,19,21H,5-6,11-15H2,(H,27,32)(H,28,30)/t19-,21+,25+/m0/s1. The van der Waals surface area contributed by atoms with Crippen LogP contribution in [0.15, 0.2) is 48.5 Å². The van der Waals surface area contributed by atoms with Gasteiger partial charge in [0.05, 0.1) is 18.0 Å². The fraction of sp³-hybridized carbons (Fsp3) is 0.400.